The molecule has 0 atom stereocenters. The van der Waals surface area contributed by atoms with Crippen LogP contribution in [0.25, 0.3) is 0 Å². The van der Waals surface area contributed by atoms with E-state index in [-0.39, 0.29) is 17.3 Å². The molecule has 70 valence electrons. The number of halogens is 1. The molecule has 4 nitrogen and oxygen atoms in total. The lowest BCUT2D eigenvalue weighted by atomic mass is 10.3. The minimum Gasteiger partial charge on any atom is -0.618 e. The van der Waals surface area contributed by atoms with Gasteiger partial charge in [-0.05, 0) is 13.0 Å². The van der Waals surface area contributed by atoms with Crippen LogP contribution in [0.1, 0.15) is 17.4 Å². The molecular formula is C8H8ClNO3. The zero-order valence-corrected chi connectivity index (χ0v) is 7.75. The second kappa shape index (κ2) is 4.09. The number of aromatic nitrogens is 1. The van der Waals surface area contributed by atoms with E-state index in [2.05, 4.69) is 4.74 Å². The summed E-state index contributed by atoms with van der Waals surface area (Å²) in [7, 11) is 0. The highest BCUT2D eigenvalue weighted by Gasteiger charge is 2.16. The Balaban J connectivity index is 2.95. The Bertz CT molecular complexity index is 327. The van der Waals surface area contributed by atoms with E-state index in [0.717, 1.165) is 6.20 Å². The predicted molar refractivity (Wildman–Crippen MR) is 46.4 cm³/mol. The smallest absolute Gasteiger partial charge is 0.404 e. The Morgan fingerprint density at radius 1 is 1.69 bits per heavy atom. The van der Waals surface area contributed by atoms with Crippen molar-refractivity contribution in [3.05, 3.63) is 34.3 Å². The summed E-state index contributed by atoms with van der Waals surface area (Å²) in [6.45, 7) is 1.91. The fraction of sp³-hybridized carbons (Fsp3) is 0.250. The number of pyridine rings is 1. The van der Waals surface area contributed by atoms with E-state index in [1.807, 2.05) is 0 Å². The maximum Gasteiger partial charge on any atom is 0.404 e. The van der Waals surface area contributed by atoms with Crippen LogP contribution in [0.5, 0.6) is 0 Å². The average Bonchev–Trinajstić information content (AvgIpc) is 2.04. The molecule has 0 spiro atoms. The van der Waals surface area contributed by atoms with Crippen LogP contribution >= 0.6 is 11.6 Å². The normalized spacial score (nSPS) is 9.69. The van der Waals surface area contributed by atoms with Gasteiger partial charge in [0, 0.05) is 6.07 Å². The van der Waals surface area contributed by atoms with Gasteiger partial charge in [0.05, 0.1) is 6.61 Å². The number of carbonyl (C=O) groups excluding carboxylic acids is 1. The summed E-state index contributed by atoms with van der Waals surface area (Å²) in [4.78, 5) is 11.1. The SMILES string of the molecule is CCOC(=O)c1ccc(Cl)c[n+]1[O-]. The third-order valence-electron chi connectivity index (χ3n) is 1.36. The molecule has 1 aromatic heterocycles. The molecule has 0 saturated heterocycles. The standard InChI is InChI=1S/C8H8ClNO3/c1-2-13-8(11)7-4-3-6(9)5-10(7)12/h3-5H,2H2,1H3. The Kier molecular flexibility index (Phi) is 3.08. The van der Waals surface area contributed by atoms with Crippen LogP contribution in [0, 0.1) is 5.21 Å². The Hall–Kier alpha value is -1.29. The minimum atomic E-state index is -0.644. The quantitative estimate of drug-likeness (QED) is 0.410. The van der Waals surface area contributed by atoms with Crippen LogP contribution in [0.4, 0.5) is 0 Å². The number of nitrogens with zero attached hydrogens (tertiary/aromatic N) is 1. The van der Waals surface area contributed by atoms with Crippen molar-refractivity contribution in [3.8, 4) is 0 Å². The molecule has 0 aliphatic heterocycles. The van der Waals surface area contributed by atoms with Crippen molar-refractivity contribution >= 4 is 17.6 Å². The van der Waals surface area contributed by atoms with Crippen molar-refractivity contribution in [2.24, 2.45) is 0 Å². The van der Waals surface area contributed by atoms with Gasteiger partial charge >= 0.3 is 11.7 Å². The van der Waals surface area contributed by atoms with Gasteiger partial charge in [-0.2, -0.15) is 4.73 Å². The summed E-state index contributed by atoms with van der Waals surface area (Å²) >= 11 is 5.53. The van der Waals surface area contributed by atoms with Gasteiger partial charge in [-0.3, -0.25) is 0 Å². The van der Waals surface area contributed by atoms with Crippen molar-refractivity contribution in [3.63, 3.8) is 0 Å². The summed E-state index contributed by atoms with van der Waals surface area (Å²) in [6.07, 6.45) is 1.10. The average molecular weight is 202 g/mol. The van der Waals surface area contributed by atoms with Crippen LogP contribution in [0.15, 0.2) is 18.3 Å². The van der Waals surface area contributed by atoms with E-state index in [0.29, 0.717) is 4.73 Å². The fourth-order valence-electron chi connectivity index (χ4n) is 0.820. The Morgan fingerprint density at radius 2 is 2.38 bits per heavy atom. The van der Waals surface area contributed by atoms with Gasteiger partial charge in [-0.1, -0.05) is 11.6 Å². The summed E-state index contributed by atoms with van der Waals surface area (Å²) in [5, 5.41) is 11.4. The molecule has 1 aromatic rings. The van der Waals surface area contributed by atoms with Crippen LogP contribution in [0.3, 0.4) is 0 Å². The van der Waals surface area contributed by atoms with E-state index < -0.39 is 5.97 Å². The van der Waals surface area contributed by atoms with Crippen LogP contribution < -0.4 is 4.73 Å². The lowest BCUT2D eigenvalue weighted by Gasteiger charge is -2.02. The highest BCUT2D eigenvalue weighted by Crippen LogP contribution is 2.05. The van der Waals surface area contributed by atoms with Gasteiger partial charge in [0.1, 0.15) is 5.02 Å². The van der Waals surface area contributed by atoms with Gasteiger partial charge in [0.2, 0.25) is 0 Å². The molecule has 1 heterocycles. The van der Waals surface area contributed by atoms with E-state index in [1.54, 1.807) is 6.92 Å². The second-order valence-corrected chi connectivity index (χ2v) is 2.72. The summed E-state index contributed by atoms with van der Waals surface area (Å²) < 4.78 is 5.03. The molecule has 0 N–H and O–H groups in total. The van der Waals surface area contributed by atoms with Gasteiger partial charge in [0.15, 0.2) is 6.20 Å². The number of rotatable bonds is 2. The fourth-order valence-corrected chi connectivity index (χ4v) is 0.971. The third kappa shape index (κ3) is 2.32. The molecule has 0 radical (unpaired) electrons. The predicted octanol–water partition coefficient (Wildman–Crippen LogP) is 1.15. The third-order valence-corrected chi connectivity index (χ3v) is 1.59. The van der Waals surface area contributed by atoms with E-state index in [1.165, 1.54) is 12.1 Å². The zero-order chi connectivity index (χ0) is 9.84. The lowest BCUT2D eigenvalue weighted by Crippen LogP contribution is -2.34. The van der Waals surface area contributed by atoms with E-state index in [9.17, 15) is 10.0 Å². The highest BCUT2D eigenvalue weighted by atomic mass is 35.5. The molecule has 5 heteroatoms. The minimum absolute atomic E-state index is 0.0637. The van der Waals surface area contributed by atoms with Crippen LogP contribution in [-0.4, -0.2) is 12.6 Å². The lowest BCUT2D eigenvalue weighted by molar-refractivity contribution is -0.608. The van der Waals surface area contributed by atoms with Crippen LogP contribution in [-0.2, 0) is 4.74 Å². The summed E-state index contributed by atoms with van der Waals surface area (Å²) in [5.41, 5.74) is -0.0637. The zero-order valence-electron chi connectivity index (χ0n) is 6.99. The number of hydrogen-bond acceptors (Lipinski definition) is 3. The first kappa shape index (κ1) is 9.80. The molecule has 0 unspecified atom stereocenters. The first-order valence-electron chi connectivity index (χ1n) is 3.71. The van der Waals surface area contributed by atoms with Gasteiger partial charge in [0.25, 0.3) is 0 Å². The molecule has 1 rings (SSSR count). The van der Waals surface area contributed by atoms with E-state index >= 15 is 0 Å². The summed E-state index contributed by atoms with van der Waals surface area (Å²) in [5.74, 6) is -0.644. The van der Waals surface area contributed by atoms with E-state index in [4.69, 9.17) is 11.6 Å². The number of ether oxygens (including phenoxy) is 1. The van der Waals surface area contributed by atoms with Crippen molar-refractivity contribution in [2.45, 2.75) is 6.92 Å². The van der Waals surface area contributed by atoms with Gasteiger partial charge in [-0.15, -0.1) is 0 Å². The monoisotopic (exact) mass is 201 g/mol. The molecule has 0 fully saturated rings. The van der Waals surface area contributed by atoms with Crippen molar-refractivity contribution in [2.75, 3.05) is 6.61 Å². The van der Waals surface area contributed by atoms with Gasteiger partial charge in [-0.25, -0.2) is 4.79 Å². The first-order chi connectivity index (χ1) is 6.15. The molecule has 0 amide bonds. The molecule has 0 aliphatic rings. The highest BCUT2D eigenvalue weighted by molar-refractivity contribution is 6.30. The maximum atomic E-state index is 11.1. The van der Waals surface area contributed by atoms with Gasteiger partial charge < -0.3 is 9.94 Å². The largest absolute Gasteiger partial charge is 0.618 e. The number of carbonyl (C=O) groups is 1. The van der Waals surface area contributed by atoms with Crippen molar-refractivity contribution in [1.29, 1.82) is 0 Å². The first-order valence-corrected chi connectivity index (χ1v) is 4.08. The molecule has 0 aromatic carbocycles. The Labute approximate surface area is 80.3 Å². The maximum absolute atomic E-state index is 11.1. The van der Waals surface area contributed by atoms with Crippen LogP contribution in [0.2, 0.25) is 5.02 Å². The van der Waals surface area contributed by atoms with Crippen molar-refractivity contribution in [1.82, 2.24) is 0 Å². The summed E-state index contributed by atoms with van der Waals surface area (Å²) in [6, 6.07) is 2.79. The van der Waals surface area contributed by atoms with Crippen molar-refractivity contribution < 1.29 is 14.3 Å². The molecule has 0 bridgehead atoms. The molecule has 13 heavy (non-hydrogen) atoms. The molecular weight excluding hydrogens is 194 g/mol. The molecule has 0 saturated carbocycles. The topological polar surface area (TPSA) is 53.2 Å². The second-order valence-electron chi connectivity index (χ2n) is 2.28. The Morgan fingerprint density at radius 3 is 2.92 bits per heavy atom. The number of esters is 1. The molecule has 0 aliphatic carbocycles. The number of hydrogen-bond donors (Lipinski definition) is 0.